The molecule has 3 rings (SSSR count). The standard InChI is InChI=1S/C24H33BrN2O3/c1-2-27(24(29)20-11-13-21(25)14-12-20)22-10-6-8-19(9-7-17-30-18-28)23(22)26-15-4-3-5-16-26/h8,11-14,18,22-23H,2-7,9-10,15-17H2,1H3. The van der Waals surface area contributed by atoms with Crippen molar-refractivity contribution in [2.24, 2.45) is 0 Å². The molecule has 0 aromatic heterocycles. The SMILES string of the molecule is CCN(C(=O)c1ccc(Br)cc1)C1CCC=C(CCCOC=O)C1N1CCCCC1. The Morgan fingerprint density at radius 1 is 1.23 bits per heavy atom. The Balaban J connectivity index is 1.83. The smallest absolute Gasteiger partial charge is 0.293 e. The van der Waals surface area contributed by atoms with Gasteiger partial charge in [-0.25, -0.2) is 0 Å². The molecule has 5 nitrogen and oxygen atoms in total. The molecule has 1 fully saturated rings. The number of piperidine rings is 1. The summed E-state index contributed by atoms with van der Waals surface area (Å²) in [6.45, 7) is 5.94. The van der Waals surface area contributed by atoms with Gasteiger partial charge in [0.2, 0.25) is 0 Å². The van der Waals surface area contributed by atoms with Crippen molar-refractivity contribution >= 4 is 28.3 Å². The van der Waals surface area contributed by atoms with E-state index < -0.39 is 0 Å². The maximum Gasteiger partial charge on any atom is 0.293 e. The van der Waals surface area contributed by atoms with Crippen LogP contribution in [-0.4, -0.2) is 60.5 Å². The van der Waals surface area contributed by atoms with Gasteiger partial charge in [-0.05, 0) is 82.8 Å². The molecule has 2 unspecified atom stereocenters. The van der Waals surface area contributed by atoms with E-state index in [-0.39, 0.29) is 18.0 Å². The fourth-order valence-corrected chi connectivity index (χ4v) is 5.17. The lowest BCUT2D eigenvalue weighted by Crippen LogP contribution is -2.56. The van der Waals surface area contributed by atoms with Crippen LogP contribution in [0.1, 0.15) is 62.2 Å². The number of likely N-dealkylation sites (N-methyl/N-ethyl adjacent to an activating group) is 1. The van der Waals surface area contributed by atoms with Gasteiger partial charge >= 0.3 is 0 Å². The number of amides is 1. The van der Waals surface area contributed by atoms with Crippen LogP contribution in [0.25, 0.3) is 0 Å². The van der Waals surface area contributed by atoms with E-state index in [0.717, 1.165) is 48.8 Å². The van der Waals surface area contributed by atoms with Gasteiger partial charge in [0, 0.05) is 16.6 Å². The quantitative estimate of drug-likeness (QED) is 0.291. The van der Waals surface area contributed by atoms with Crippen molar-refractivity contribution in [2.75, 3.05) is 26.2 Å². The van der Waals surface area contributed by atoms with Crippen molar-refractivity contribution in [1.82, 2.24) is 9.80 Å². The summed E-state index contributed by atoms with van der Waals surface area (Å²) in [4.78, 5) is 28.6. The fraction of sp³-hybridized carbons (Fsp3) is 0.583. The molecule has 0 spiro atoms. The highest BCUT2D eigenvalue weighted by Gasteiger charge is 2.38. The lowest BCUT2D eigenvalue weighted by atomic mass is 9.83. The highest BCUT2D eigenvalue weighted by atomic mass is 79.9. The Morgan fingerprint density at radius 3 is 2.63 bits per heavy atom. The zero-order chi connectivity index (χ0) is 21.3. The van der Waals surface area contributed by atoms with Crippen LogP contribution in [0.5, 0.6) is 0 Å². The van der Waals surface area contributed by atoms with E-state index >= 15 is 0 Å². The largest absolute Gasteiger partial charge is 0.468 e. The van der Waals surface area contributed by atoms with Gasteiger partial charge in [-0.2, -0.15) is 0 Å². The lowest BCUT2D eigenvalue weighted by Gasteiger charge is -2.46. The van der Waals surface area contributed by atoms with Crippen molar-refractivity contribution in [3.63, 3.8) is 0 Å². The second-order valence-electron chi connectivity index (χ2n) is 8.13. The molecule has 2 atom stereocenters. The first-order chi connectivity index (χ1) is 14.7. The molecule has 1 aromatic carbocycles. The molecule has 2 aliphatic rings. The monoisotopic (exact) mass is 476 g/mol. The number of carbonyl (C=O) groups excluding carboxylic acids is 2. The zero-order valence-electron chi connectivity index (χ0n) is 17.9. The number of ether oxygens (including phenoxy) is 1. The second kappa shape index (κ2) is 11.7. The summed E-state index contributed by atoms with van der Waals surface area (Å²) < 4.78 is 5.90. The summed E-state index contributed by atoms with van der Waals surface area (Å²) in [5, 5.41) is 0. The van der Waals surface area contributed by atoms with E-state index in [1.807, 2.05) is 24.3 Å². The fourth-order valence-electron chi connectivity index (χ4n) is 4.91. The van der Waals surface area contributed by atoms with E-state index in [2.05, 4.69) is 38.7 Å². The van der Waals surface area contributed by atoms with Gasteiger partial charge in [0.25, 0.3) is 12.4 Å². The number of rotatable bonds is 9. The van der Waals surface area contributed by atoms with Gasteiger partial charge in [-0.15, -0.1) is 0 Å². The van der Waals surface area contributed by atoms with Crippen molar-refractivity contribution in [3.8, 4) is 0 Å². The molecule has 1 aliphatic carbocycles. The minimum absolute atomic E-state index is 0.113. The first-order valence-corrected chi connectivity index (χ1v) is 12.0. The molecule has 1 amide bonds. The summed E-state index contributed by atoms with van der Waals surface area (Å²) in [7, 11) is 0. The first-order valence-electron chi connectivity index (χ1n) is 11.2. The normalized spacial score (nSPS) is 22.3. The van der Waals surface area contributed by atoms with Gasteiger partial charge in [0.15, 0.2) is 0 Å². The predicted octanol–water partition coefficient (Wildman–Crippen LogP) is 4.81. The first kappa shape index (κ1) is 23.0. The van der Waals surface area contributed by atoms with Crippen LogP contribution >= 0.6 is 15.9 Å². The van der Waals surface area contributed by atoms with Crippen molar-refractivity contribution < 1.29 is 14.3 Å². The third-order valence-electron chi connectivity index (χ3n) is 6.29. The Hall–Kier alpha value is -1.66. The van der Waals surface area contributed by atoms with Crippen LogP contribution in [0, 0.1) is 0 Å². The molecule has 1 aromatic rings. The molecule has 1 aliphatic heterocycles. The number of halogens is 1. The van der Waals surface area contributed by atoms with E-state index in [4.69, 9.17) is 4.74 Å². The summed E-state index contributed by atoms with van der Waals surface area (Å²) >= 11 is 3.46. The zero-order valence-corrected chi connectivity index (χ0v) is 19.5. The summed E-state index contributed by atoms with van der Waals surface area (Å²) in [6.07, 6.45) is 9.82. The molecule has 0 radical (unpaired) electrons. The van der Waals surface area contributed by atoms with E-state index in [0.29, 0.717) is 19.6 Å². The average Bonchev–Trinajstić information content (AvgIpc) is 2.78. The van der Waals surface area contributed by atoms with Gasteiger partial charge in [-0.1, -0.05) is 34.0 Å². The van der Waals surface area contributed by atoms with Crippen molar-refractivity contribution in [3.05, 3.63) is 46.0 Å². The summed E-state index contributed by atoms with van der Waals surface area (Å²) in [5.41, 5.74) is 2.15. The van der Waals surface area contributed by atoms with Crippen LogP contribution in [0.4, 0.5) is 0 Å². The van der Waals surface area contributed by atoms with Crippen molar-refractivity contribution in [1.29, 1.82) is 0 Å². The van der Waals surface area contributed by atoms with Gasteiger partial charge in [-0.3, -0.25) is 14.5 Å². The predicted molar refractivity (Wildman–Crippen MR) is 122 cm³/mol. The molecule has 164 valence electrons. The van der Waals surface area contributed by atoms with Gasteiger partial charge in [0.05, 0.1) is 18.7 Å². The lowest BCUT2D eigenvalue weighted by molar-refractivity contribution is -0.128. The number of nitrogens with zero attached hydrogens (tertiary/aromatic N) is 2. The average molecular weight is 477 g/mol. The molecule has 0 saturated carbocycles. The number of likely N-dealkylation sites (tertiary alicyclic amines) is 1. The van der Waals surface area contributed by atoms with Crippen LogP contribution in [0.15, 0.2) is 40.4 Å². The minimum Gasteiger partial charge on any atom is -0.468 e. The number of benzene rings is 1. The summed E-state index contributed by atoms with van der Waals surface area (Å²) in [6, 6.07) is 8.11. The number of hydrogen-bond donors (Lipinski definition) is 0. The number of allylic oxidation sites excluding steroid dienone is 1. The number of hydrogen-bond acceptors (Lipinski definition) is 4. The Kier molecular flexibility index (Phi) is 8.94. The third-order valence-corrected chi connectivity index (χ3v) is 6.81. The van der Waals surface area contributed by atoms with Crippen LogP contribution in [0.2, 0.25) is 0 Å². The van der Waals surface area contributed by atoms with E-state index in [9.17, 15) is 9.59 Å². The topological polar surface area (TPSA) is 49.9 Å². The molecule has 1 heterocycles. The third kappa shape index (κ3) is 5.73. The molecule has 30 heavy (non-hydrogen) atoms. The van der Waals surface area contributed by atoms with Gasteiger partial charge < -0.3 is 9.64 Å². The highest BCUT2D eigenvalue weighted by Crippen LogP contribution is 2.33. The van der Waals surface area contributed by atoms with Crippen LogP contribution < -0.4 is 0 Å². The Labute approximate surface area is 188 Å². The second-order valence-corrected chi connectivity index (χ2v) is 9.05. The van der Waals surface area contributed by atoms with Crippen LogP contribution in [0.3, 0.4) is 0 Å². The minimum atomic E-state index is 0.113. The van der Waals surface area contributed by atoms with Gasteiger partial charge in [0.1, 0.15) is 0 Å². The van der Waals surface area contributed by atoms with Crippen LogP contribution in [-0.2, 0) is 9.53 Å². The van der Waals surface area contributed by atoms with E-state index in [1.165, 1.54) is 24.8 Å². The number of carbonyl (C=O) groups is 2. The highest BCUT2D eigenvalue weighted by molar-refractivity contribution is 9.10. The molecule has 0 bridgehead atoms. The Bertz CT molecular complexity index is 728. The molecular formula is C24H33BrN2O3. The molecule has 6 heteroatoms. The molecule has 1 saturated heterocycles. The van der Waals surface area contributed by atoms with Crippen molar-refractivity contribution in [2.45, 2.75) is 64.0 Å². The maximum atomic E-state index is 13.4. The molecular weight excluding hydrogens is 444 g/mol. The maximum absolute atomic E-state index is 13.4. The summed E-state index contributed by atoms with van der Waals surface area (Å²) in [5.74, 6) is 0.113. The van der Waals surface area contributed by atoms with E-state index in [1.54, 1.807) is 0 Å². The Morgan fingerprint density at radius 2 is 1.97 bits per heavy atom. The molecule has 0 N–H and O–H groups in total.